The molecule has 3 heterocycles. The van der Waals surface area contributed by atoms with E-state index in [4.69, 9.17) is 11.6 Å². The van der Waals surface area contributed by atoms with Gasteiger partial charge in [-0.25, -0.2) is 17.8 Å². The van der Waals surface area contributed by atoms with Crippen molar-refractivity contribution in [1.29, 1.82) is 0 Å². The zero-order chi connectivity index (χ0) is 24.7. The number of sulfonamides is 1. The molecule has 35 heavy (non-hydrogen) atoms. The van der Waals surface area contributed by atoms with Crippen molar-refractivity contribution in [3.8, 4) is 5.13 Å². The van der Waals surface area contributed by atoms with E-state index in [0.717, 1.165) is 16.8 Å². The topological polar surface area (TPSA) is 97.2 Å². The van der Waals surface area contributed by atoms with Gasteiger partial charge in [-0.3, -0.25) is 4.79 Å². The van der Waals surface area contributed by atoms with Gasteiger partial charge >= 0.3 is 0 Å². The van der Waals surface area contributed by atoms with E-state index >= 15 is 0 Å². The highest BCUT2D eigenvalue weighted by atomic mass is 35.5. The van der Waals surface area contributed by atoms with Crippen molar-refractivity contribution in [2.75, 3.05) is 18.4 Å². The number of para-hydroxylation sites is 1. The Kier molecular flexibility index (Phi) is 6.34. The number of rotatable bonds is 5. The van der Waals surface area contributed by atoms with Gasteiger partial charge in [0, 0.05) is 19.2 Å². The van der Waals surface area contributed by atoms with Crippen LogP contribution in [0.15, 0.2) is 53.4 Å². The maximum atomic E-state index is 13.3. The summed E-state index contributed by atoms with van der Waals surface area (Å²) in [7, 11) is -3.84. The van der Waals surface area contributed by atoms with Gasteiger partial charge in [0.05, 0.1) is 26.2 Å². The highest BCUT2D eigenvalue weighted by Gasteiger charge is 2.34. The lowest BCUT2D eigenvalue weighted by molar-refractivity contribution is -0.120. The molecular formula is C23H21ClFN5O3S2. The molecule has 1 saturated heterocycles. The fourth-order valence-corrected chi connectivity index (χ4v) is 6.84. The van der Waals surface area contributed by atoms with Crippen LogP contribution < -0.4 is 5.32 Å². The van der Waals surface area contributed by atoms with Crippen molar-refractivity contribution < 1.29 is 17.6 Å². The van der Waals surface area contributed by atoms with Gasteiger partial charge in [0.25, 0.3) is 0 Å². The van der Waals surface area contributed by atoms with Gasteiger partial charge in [0.15, 0.2) is 0 Å². The number of thiazole rings is 1. The first-order valence-electron chi connectivity index (χ1n) is 10.9. The van der Waals surface area contributed by atoms with E-state index in [1.165, 1.54) is 27.8 Å². The van der Waals surface area contributed by atoms with Gasteiger partial charge in [-0.1, -0.05) is 29.0 Å². The van der Waals surface area contributed by atoms with Crippen LogP contribution in [0.4, 0.5) is 10.2 Å². The summed E-state index contributed by atoms with van der Waals surface area (Å²) in [5.41, 5.74) is 1.35. The number of benzene rings is 2. The molecule has 5 rings (SSSR count). The Hall–Kier alpha value is -2.86. The maximum Gasteiger partial charge on any atom is 0.243 e. The van der Waals surface area contributed by atoms with Crippen LogP contribution in [0.1, 0.15) is 18.5 Å². The lowest BCUT2D eigenvalue weighted by Crippen LogP contribution is -2.43. The summed E-state index contributed by atoms with van der Waals surface area (Å²) in [6, 6.07) is 12.0. The van der Waals surface area contributed by atoms with Gasteiger partial charge in [-0.2, -0.15) is 14.1 Å². The lowest BCUT2D eigenvalue weighted by atomic mass is 9.99. The molecule has 2 aromatic heterocycles. The number of aryl methyl sites for hydroxylation is 1. The number of hydrogen-bond acceptors (Lipinski definition) is 6. The van der Waals surface area contributed by atoms with Crippen LogP contribution in [0.2, 0.25) is 5.02 Å². The van der Waals surface area contributed by atoms with E-state index in [2.05, 4.69) is 15.4 Å². The van der Waals surface area contributed by atoms with E-state index in [-0.39, 0.29) is 17.3 Å². The minimum atomic E-state index is -3.84. The Bertz CT molecular complexity index is 1520. The molecule has 1 aliphatic heterocycles. The van der Waals surface area contributed by atoms with Crippen LogP contribution in [0, 0.1) is 18.7 Å². The Morgan fingerprint density at radius 2 is 2.00 bits per heavy atom. The van der Waals surface area contributed by atoms with Crippen molar-refractivity contribution in [2.45, 2.75) is 24.7 Å². The number of hydrogen-bond donors (Lipinski definition) is 1. The monoisotopic (exact) mass is 533 g/mol. The summed E-state index contributed by atoms with van der Waals surface area (Å²) in [5, 5.41) is 8.46. The lowest BCUT2D eigenvalue weighted by Gasteiger charge is -2.31. The largest absolute Gasteiger partial charge is 0.310 e. The predicted octanol–water partition coefficient (Wildman–Crippen LogP) is 4.62. The van der Waals surface area contributed by atoms with E-state index in [1.807, 2.05) is 19.1 Å². The molecule has 12 heteroatoms. The first kappa shape index (κ1) is 23.9. The summed E-state index contributed by atoms with van der Waals surface area (Å²) in [5.74, 6) is -0.917. The SMILES string of the molecule is Cc1cc(NC(=O)C2CCCN(S(=O)(=O)c3ccc(F)cc3)C2)n(-c2nc3c(Cl)cccc3s2)n1. The number of piperidine rings is 1. The van der Waals surface area contributed by atoms with Crippen molar-refractivity contribution in [2.24, 2.45) is 5.92 Å². The summed E-state index contributed by atoms with van der Waals surface area (Å²) in [6.07, 6.45) is 1.08. The third kappa shape index (κ3) is 4.68. The molecule has 8 nitrogen and oxygen atoms in total. The minimum absolute atomic E-state index is 0.00292. The van der Waals surface area contributed by atoms with Crippen molar-refractivity contribution in [3.05, 3.63) is 65.1 Å². The summed E-state index contributed by atoms with van der Waals surface area (Å²) < 4.78 is 43.0. The standard InChI is InChI=1S/C23H21ClFN5O3S2/c1-14-12-20(30(28-14)23-27-21-18(24)5-2-6-19(21)34-23)26-22(31)15-4-3-11-29(13-15)35(32,33)17-9-7-16(25)8-10-17/h2,5-10,12,15H,3-4,11,13H2,1H3,(H,26,31). The highest BCUT2D eigenvalue weighted by molar-refractivity contribution is 7.89. The van der Waals surface area contributed by atoms with Crippen LogP contribution in [0.25, 0.3) is 15.3 Å². The maximum absolute atomic E-state index is 13.3. The van der Waals surface area contributed by atoms with Crippen LogP contribution >= 0.6 is 22.9 Å². The fraction of sp³-hybridized carbons (Fsp3) is 0.261. The normalized spacial score (nSPS) is 17.1. The zero-order valence-corrected chi connectivity index (χ0v) is 21.0. The number of amides is 1. The second-order valence-corrected chi connectivity index (χ2v) is 11.7. The smallest absolute Gasteiger partial charge is 0.243 e. The van der Waals surface area contributed by atoms with Crippen LogP contribution in [-0.4, -0.2) is 46.5 Å². The molecule has 0 saturated carbocycles. The molecule has 1 fully saturated rings. The number of nitrogens with one attached hydrogen (secondary N) is 1. The first-order valence-corrected chi connectivity index (χ1v) is 13.5. The molecule has 1 atom stereocenters. The molecule has 0 spiro atoms. The number of halogens is 2. The van der Waals surface area contributed by atoms with Crippen LogP contribution in [0.3, 0.4) is 0 Å². The molecule has 1 amide bonds. The molecule has 0 aliphatic carbocycles. The second kappa shape index (κ2) is 9.30. The number of anilines is 1. The highest BCUT2D eigenvalue weighted by Crippen LogP contribution is 2.32. The van der Waals surface area contributed by atoms with Crippen molar-refractivity contribution in [1.82, 2.24) is 19.1 Å². The molecule has 0 bridgehead atoms. The van der Waals surface area contributed by atoms with Gasteiger partial charge in [0.1, 0.15) is 17.2 Å². The quantitative estimate of drug-likeness (QED) is 0.403. The fourth-order valence-electron chi connectivity index (χ4n) is 4.09. The summed E-state index contributed by atoms with van der Waals surface area (Å²) in [6.45, 7) is 2.15. The van der Waals surface area contributed by atoms with E-state index in [1.54, 1.807) is 16.8 Å². The Morgan fingerprint density at radius 3 is 2.74 bits per heavy atom. The van der Waals surface area contributed by atoms with E-state index in [0.29, 0.717) is 46.6 Å². The molecule has 182 valence electrons. The molecular weight excluding hydrogens is 513 g/mol. The average Bonchev–Trinajstić information content (AvgIpc) is 3.43. The van der Waals surface area contributed by atoms with Gasteiger partial charge in [-0.05, 0) is 56.2 Å². The summed E-state index contributed by atoms with van der Waals surface area (Å²) >= 11 is 7.66. The first-order chi connectivity index (χ1) is 16.7. The van der Waals surface area contributed by atoms with Crippen molar-refractivity contribution >= 4 is 54.9 Å². The Labute approximate surface area is 210 Å². The van der Waals surface area contributed by atoms with E-state index < -0.39 is 21.8 Å². The third-order valence-electron chi connectivity index (χ3n) is 5.83. The number of fused-ring (bicyclic) bond motifs is 1. The number of carbonyl (C=O) groups is 1. The number of aromatic nitrogens is 3. The van der Waals surface area contributed by atoms with Gasteiger partial charge in [0.2, 0.25) is 21.1 Å². The Morgan fingerprint density at radius 1 is 1.23 bits per heavy atom. The van der Waals surface area contributed by atoms with E-state index in [9.17, 15) is 17.6 Å². The predicted molar refractivity (Wildman–Crippen MR) is 133 cm³/mol. The second-order valence-electron chi connectivity index (χ2n) is 8.31. The molecule has 4 aromatic rings. The van der Waals surface area contributed by atoms with Crippen molar-refractivity contribution in [3.63, 3.8) is 0 Å². The summed E-state index contributed by atoms with van der Waals surface area (Å²) in [4.78, 5) is 17.8. The van der Waals surface area contributed by atoms with Crippen LogP contribution in [-0.2, 0) is 14.8 Å². The minimum Gasteiger partial charge on any atom is -0.310 e. The zero-order valence-electron chi connectivity index (χ0n) is 18.6. The molecule has 0 radical (unpaired) electrons. The average molecular weight is 534 g/mol. The third-order valence-corrected chi connectivity index (χ3v) is 9.01. The Balaban J connectivity index is 1.36. The molecule has 1 unspecified atom stereocenters. The number of carbonyl (C=O) groups excluding carboxylic acids is 1. The van der Waals surface area contributed by atoms with Gasteiger partial charge in [-0.15, -0.1) is 0 Å². The van der Waals surface area contributed by atoms with Crippen LogP contribution in [0.5, 0.6) is 0 Å². The number of nitrogens with zero attached hydrogens (tertiary/aromatic N) is 4. The molecule has 1 N–H and O–H groups in total. The molecule has 2 aromatic carbocycles. The van der Waals surface area contributed by atoms with Gasteiger partial charge < -0.3 is 5.32 Å². The molecule has 1 aliphatic rings.